The van der Waals surface area contributed by atoms with Gasteiger partial charge in [-0.1, -0.05) is 18.2 Å². The molecular formula is C21H25N4OS+. The van der Waals surface area contributed by atoms with Crippen LogP contribution in [0.25, 0.3) is 10.2 Å². The van der Waals surface area contributed by atoms with E-state index in [4.69, 9.17) is 4.98 Å². The molecule has 1 aliphatic heterocycles. The highest BCUT2D eigenvalue weighted by atomic mass is 32.1. The first kappa shape index (κ1) is 17.0. The fourth-order valence-electron chi connectivity index (χ4n) is 4.43. The third-order valence-electron chi connectivity index (χ3n) is 5.88. The number of piperazine rings is 1. The summed E-state index contributed by atoms with van der Waals surface area (Å²) >= 11 is 1.74. The first-order valence-electron chi connectivity index (χ1n) is 9.95. The molecule has 0 saturated carbocycles. The molecule has 27 heavy (non-hydrogen) atoms. The van der Waals surface area contributed by atoms with Gasteiger partial charge in [-0.05, 0) is 43.4 Å². The quantitative estimate of drug-likeness (QED) is 0.727. The molecule has 0 unspecified atom stereocenters. The fraction of sp³-hybridized carbons (Fsp3) is 0.429. The van der Waals surface area contributed by atoms with Crippen molar-refractivity contribution in [1.82, 2.24) is 9.97 Å². The maximum absolute atomic E-state index is 12.7. The van der Waals surface area contributed by atoms with Crippen molar-refractivity contribution in [3.05, 3.63) is 57.0 Å². The van der Waals surface area contributed by atoms with Crippen LogP contribution in [-0.2, 0) is 19.4 Å². The molecule has 0 bridgehead atoms. The van der Waals surface area contributed by atoms with Crippen LogP contribution in [0.4, 0.5) is 5.69 Å². The molecule has 0 atom stereocenters. The molecule has 1 fully saturated rings. The summed E-state index contributed by atoms with van der Waals surface area (Å²) in [6.07, 6.45) is 4.57. The molecule has 1 aromatic carbocycles. The van der Waals surface area contributed by atoms with E-state index in [1.165, 1.54) is 33.9 Å². The Bertz CT molecular complexity index is 1000. The van der Waals surface area contributed by atoms with Crippen LogP contribution < -0.4 is 15.4 Å². The van der Waals surface area contributed by atoms with Crippen LogP contribution in [0.1, 0.15) is 29.1 Å². The summed E-state index contributed by atoms with van der Waals surface area (Å²) in [4.78, 5) is 26.9. The Kier molecular flexibility index (Phi) is 4.45. The second kappa shape index (κ2) is 7.09. The van der Waals surface area contributed by atoms with E-state index in [0.717, 1.165) is 61.6 Å². The summed E-state index contributed by atoms with van der Waals surface area (Å²) in [7, 11) is 0. The lowest BCUT2D eigenvalue weighted by Gasteiger charge is -2.33. The number of quaternary nitrogens is 1. The van der Waals surface area contributed by atoms with Gasteiger partial charge in [0.05, 0.1) is 31.6 Å². The number of para-hydroxylation sites is 1. The Morgan fingerprint density at radius 1 is 1.11 bits per heavy atom. The molecule has 2 aromatic heterocycles. The zero-order chi connectivity index (χ0) is 18.2. The van der Waals surface area contributed by atoms with Crippen molar-refractivity contribution in [2.24, 2.45) is 0 Å². The lowest BCUT2D eigenvalue weighted by Crippen LogP contribution is -3.13. The fourth-order valence-corrected chi connectivity index (χ4v) is 5.71. The Balaban J connectivity index is 1.32. The van der Waals surface area contributed by atoms with Crippen molar-refractivity contribution in [3.8, 4) is 0 Å². The Morgan fingerprint density at radius 3 is 2.70 bits per heavy atom. The molecule has 0 spiro atoms. The third kappa shape index (κ3) is 3.28. The Morgan fingerprint density at radius 2 is 1.89 bits per heavy atom. The van der Waals surface area contributed by atoms with Gasteiger partial charge in [0.25, 0.3) is 5.56 Å². The number of hydrogen-bond donors (Lipinski definition) is 2. The monoisotopic (exact) mass is 381 g/mol. The predicted octanol–water partition coefficient (Wildman–Crippen LogP) is 1.77. The summed E-state index contributed by atoms with van der Waals surface area (Å²) in [5.41, 5.74) is 2.63. The number of nitrogens with zero attached hydrogens (tertiary/aromatic N) is 2. The Hall–Kier alpha value is -2.18. The van der Waals surface area contributed by atoms with Crippen molar-refractivity contribution < 1.29 is 4.90 Å². The number of H-pyrrole nitrogens is 1. The minimum atomic E-state index is 0.0664. The smallest absolute Gasteiger partial charge is 0.260 e. The number of fused-ring (bicyclic) bond motifs is 3. The van der Waals surface area contributed by atoms with Gasteiger partial charge in [0, 0.05) is 10.6 Å². The molecule has 5 nitrogen and oxygen atoms in total. The number of aromatic amines is 1. The first-order chi connectivity index (χ1) is 13.3. The van der Waals surface area contributed by atoms with E-state index in [9.17, 15) is 4.79 Å². The van der Waals surface area contributed by atoms with E-state index in [0.29, 0.717) is 0 Å². The maximum atomic E-state index is 12.7. The lowest BCUT2D eigenvalue weighted by molar-refractivity contribution is -0.915. The molecule has 6 heteroatoms. The van der Waals surface area contributed by atoms with Crippen LogP contribution in [0.2, 0.25) is 0 Å². The van der Waals surface area contributed by atoms with E-state index >= 15 is 0 Å². The van der Waals surface area contributed by atoms with Gasteiger partial charge in [0.1, 0.15) is 11.4 Å². The van der Waals surface area contributed by atoms with E-state index in [1.54, 1.807) is 11.3 Å². The second-order valence-corrected chi connectivity index (χ2v) is 8.74. The molecule has 140 valence electrons. The van der Waals surface area contributed by atoms with Gasteiger partial charge in [-0.15, -0.1) is 11.3 Å². The number of rotatable bonds is 3. The zero-order valence-corrected chi connectivity index (χ0v) is 16.3. The highest BCUT2D eigenvalue weighted by Gasteiger charge is 2.23. The number of aryl methyl sites for hydroxylation is 2. The van der Waals surface area contributed by atoms with Gasteiger partial charge in [0.2, 0.25) is 0 Å². The maximum Gasteiger partial charge on any atom is 0.260 e. The van der Waals surface area contributed by atoms with Crippen molar-refractivity contribution >= 4 is 27.2 Å². The van der Waals surface area contributed by atoms with Crippen molar-refractivity contribution in [3.63, 3.8) is 0 Å². The number of anilines is 1. The molecule has 1 saturated heterocycles. The molecule has 5 rings (SSSR count). The van der Waals surface area contributed by atoms with Gasteiger partial charge in [-0.3, -0.25) is 4.79 Å². The van der Waals surface area contributed by atoms with E-state index < -0.39 is 0 Å². The van der Waals surface area contributed by atoms with Crippen LogP contribution in [0.5, 0.6) is 0 Å². The number of benzene rings is 1. The normalized spacial score (nSPS) is 18.0. The van der Waals surface area contributed by atoms with Crippen molar-refractivity contribution in [2.45, 2.75) is 32.2 Å². The van der Waals surface area contributed by atoms with Crippen molar-refractivity contribution in [2.75, 3.05) is 31.1 Å². The molecule has 2 N–H and O–H groups in total. The summed E-state index contributed by atoms with van der Waals surface area (Å²) < 4.78 is 0. The standard InChI is InChI=1S/C21H24N4OS/c26-20-19-16-8-4-5-9-17(16)27-21(19)23-18(22-20)14-24-10-12-25(13-11-24)15-6-2-1-3-7-15/h1-3,6-7H,4-5,8-14H2,(H,22,23,26)/p+1. The van der Waals surface area contributed by atoms with Gasteiger partial charge in [-0.25, -0.2) is 4.98 Å². The van der Waals surface area contributed by atoms with Crippen LogP contribution in [0, 0.1) is 0 Å². The number of hydrogen-bond acceptors (Lipinski definition) is 4. The summed E-state index contributed by atoms with van der Waals surface area (Å²) in [5.74, 6) is 0.842. The van der Waals surface area contributed by atoms with Crippen molar-refractivity contribution in [1.29, 1.82) is 0 Å². The Labute approximate surface area is 162 Å². The first-order valence-corrected chi connectivity index (χ1v) is 10.8. The van der Waals surface area contributed by atoms with Crippen LogP contribution in [0.3, 0.4) is 0 Å². The average Bonchev–Trinajstić information content (AvgIpc) is 3.08. The van der Waals surface area contributed by atoms with E-state index in [-0.39, 0.29) is 5.56 Å². The SMILES string of the molecule is O=c1[nH]c(C[NH+]2CCN(c3ccccc3)CC2)nc2sc3c(c12)CCCC3. The topological polar surface area (TPSA) is 53.4 Å². The average molecular weight is 382 g/mol. The summed E-state index contributed by atoms with van der Waals surface area (Å²) in [6.45, 7) is 5.02. The van der Waals surface area contributed by atoms with Crippen LogP contribution in [0.15, 0.2) is 35.1 Å². The summed E-state index contributed by atoms with van der Waals surface area (Å²) in [6, 6.07) is 10.6. The minimum absolute atomic E-state index is 0.0664. The molecule has 2 aliphatic rings. The number of aromatic nitrogens is 2. The second-order valence-electron chi connectivity index (χ2n) is 7.65. The van der Waals surface area contributed by atoms with E-state index in [1.807, 2.05) is 0 Å². The van der Waals surface area contributed by atoms with E-state index in [2.05, 4.69) is 40.2 Å². The minimum Gasteiger partial charge on any atom is -0.360 e. The highest BCUT2D eigenvalue weighted by Crippen LogP contribution is 2.33. The van der Waals surface area contributed by atoms with Gasteiger partial charge < -0.3 is 14.8 Å². The van der Waals surface area contributed by atoms with Crippen LogP contribution >= 0.6 is 11.3 Å². The molecule has 0 amide bonds. The lowest BCUT2D eigenvalue weighted by atomic mass is 9.97. The highest BCUT2D eigenvalue weighted by molar-refractivity contribution is 7.18. The number of thiophene rings is 1. The molecule has 3 heterocycles. The number of nitrogens with one attached hydrogen (secondary N) is 2. The van der Waals surface area contributed by atoms with Gasteiger partial charge in [0.15, 0.2) is 5.82 Å². The third-order valence-corrected chi connectivity index (χ3v) is 7.07. The molecule has 1 aliphatic carbocycles. The van der Waals surface area contributed by atoms with Gasteiger partial charge >= 0.3 is 0 Å². The summed E-state index contributed by atoms with van der Waals surface area (Å²) in [5, 5.41) is 0.863. The zero-order valence-electron chi connectivity index (χ0n) is 15.5. The molecular weight excluding hydrogens is 356 g/mol. The molecule has 0 radical (unpaired) electrons. The van der Waals surface area contributed by atoms with Crippen LogP contribution in [-0.4, -0.2) is 36.1 Å². The van der Waals surface area contributed by atoms with Gasteiger partial charge in [-0.2, -0.15) is 0 Å². The predicted molar refractivity (Wildman–Crippen MR) is 110 cm³/mol. The largest absolute Gasteiger partial charge is 0.360 e. The molecule has 3 aromatic rings.